The summed E-state index contributed by atoms with van der Waals surface area (Å²) in [6.45, 7) is 6.80. The van der Waals surface area contributed by atoms with Crippen LogP contribution < -0.4 is 0 Å². The molecule has 0 spiro atoms. The van der Waals surface area contributed by atoms with Gasteiger partial charge in [-0.25, -0.2) is 0 Å². The molecule has 0 aliphatic rings. The fraction of sp³-hybridized carbons (Fsp3) is 1.00. The molecule has 0 fully saturated rings. The predicted octanol–water partition coefficient (Wildman–Crippen LogP) is 4.27. The Morgan fingerprint density at radius 3 is 1.92 bits per heavy atom. The van der Waals surface area contributed by atoms with Crippen molar-refractivity contribution in [2.24, 2.45) is 5.41 Å². The zero-order valence-electron chi connectivity index (χ0n) is 8.60. The molecule has 0 aliphatic heterocycles. The first-order valence-corrected chi connectivity index (χ1v) is 6.03. The topological polar surface area (TPSA) is 17.1 Å². The van der Waals surface area contributed by atoms with Crippen molar-refractivity contribution in [1.29, 1.82) is 0 Å². The quantitative estimate of drug-likeness (QED) is 0.430. The number of hydrogen-bond acceptors (Lipinski definition) is 1. The van der Waals surface area contributed by atoms with Gasteiger partial charge in [0.15, 0.2) is 8.46 Å². The van der Waals surface area contributed by atoms with Crippen LogP contribution in [-0.4, -0.2) is 6.16 Å². The molecule has 0 radical (unpaired) electrons. The molecule has 0 heterocycles. The Kier molecular flexibility index (Phi) is 6.65. The molecule has 0 aromatic carbocycles. The molecule has 0 aromatic rings. The monoisotopic (exact) mass is 188 g/mol. The second-order valence-corrected chi connectivity index (χ2v) is 4.22. The first kappa shape index (κ1) is 12.1. The van der Waals surface area contributed by atoms with E-state index in [1.54, 1.807) is 0 Å². The molecule has 0 aliphatic carbocycles. The van der Waals surface area contributed by atoms with E-state index in [4.69, 9.17) is 0 Å². The lowest BCUT2D eigenvalue weighted by Crippen LogP contribution is -2.17. The second kappa shape index (κ2) is 6.60. The van der Waals surface area contributed by atoms with Crippen molar-refractivity contribution < 1.29 is 4.57 Å². The Morgan fingerprint density at radius 1 is 1.08 bits per heavy atom. The van der Waals surface area contributed by atoms with Crippen molar-refractivity contribution in [3.05, 3.63) is 0 Å². The smallest absolute Gasteiger partial charge is 0.155 e. The summed E-state index contributed by atoms with van der Waals surface area (Å²) >= 11 is 0. The lowest BCUT2D eigenvalue weighted by molar-refractivity contribution is 0.227. The molecule has 0 atom stereocenters. The van der Waals surface area contributed by atoms with Crippen LogP contribution in [-0.2, 0) is 4.57 Å². The van der Waals surface area contributed by atoms with Crippen molar-refractivity contribution in [1.82, 2.24) is 0 Å². The highest BCUT2D eigenvalue weighted by Crippen LogP contribution is 2.35. The highest BCUT2D eigenvalue weighted by atomic mass is 31.1. The summed E-state index contributed by atoms with van der Waals surface area (Å²) in [4.78, 5) is 0. The molecule has 1 nitrogen and oxygen atoms in total. The SMILES string of the molecule is CCC(CC)(CC)CCCP=O. The standard InChI is InChI=1S/C10H21OP/c1-4-10(5-2,6-3)8-7-9-12-11/h4-9H2,1-3H3. The van der Waals surface area contributed by atoms with Gasteiger partial charge in [-0.2, -0.15) is 0 Å². The summed E-state index contributed by atoms with van der Waals surface area (Å²) in [5.41, 5.74) is 0.532. The van der Waals surface area contributed by atoms with Crippen molar-refractivity contribution in [3.63, 3.8) is 0 Å². The van der Waals surface area contributed by atoms with Gasteiger partial charge >= 0.3 is 0 Å². The Bertz CT molecular complexity index is 111. The summed E-state index contributed by atoms with van der Waals surface area (Å²) in [6, 6.07) is 0. The van der Waals surface area contributed by atoms with Gasteiger partial charge in [-0.1, -0.05) is 40.0 Å². The summed E-state index contributed by atoms with van der Waals surface area (Å²) in [5.74, 6) is 0. The maximum atomic E-state index is 10.3. The molecule has 0 saturated carbocycles. The van der Waals surface area contributed by atoms with E-state index < -0.39 is 0 Å². The summed E-state index contributed by atoms with van der Waals surface area (Å²) in [5, 5.41) is 0. The Labute approximate surface area is 78.1 Å². The Balaban J connectivity index is 3.84. The van der Waals surface area contributed by atoms with Crippen LogP contribution in [0.5, 0.6) is 0 Å². The van der Waals surface area contributed by atoms with E-state index in [0.717, 1.165) is 12.6 Å². The van der Waals surface area contributed by atoms with Gasteiger partial charge in [0.25, 0.3) is 0 Å². The minimum absolute atomic E-state index is 0.311. The molecule has 0 saturated heterocycles. The molecular weight excluding hydrogens is 167 g/mol. The van der Waals surface area contributed by atoms with E-state index in [0.29, 0.717) is 13.9 Å². The molecule has 0 amide bonds. The largest absolute Gasteiger partial charge is 0.275 e. The number of hydrogen-bond donors (Lipinski definition) is 0. The third kappa shape index (κ3) is 3.67. The molecular formula is C10H21OP. The van der Waals surface area contributed by atoms with E-state index in [9.17, 15) is 4.57 Å². The maximum absolute atomic E-state index is 10.3. The normalized spacial score (nSPS) is 12.2. The lowest BCUT2D eigenvalue weighted by Gasteiger charge is -2.30. The molecule has 12 heavy (non-hydrogen) atoms. The zero-order chi connectivity index (χ0) is 9.45. The molecule has 0 bridgehead atoms. The molecule has 72 valence electrons. The molecule has 2 heteroatoms. The van der Waals surface area contributed by atoms with Crippen LogP contribution in [0.4, 0.5) is 0 Å². The fourth-order valence-electron chi connectivity index (χ4n) is 1.80. The summed E-state index contributed by atoms with van der Waals surface area (Å²) in [7, 11) is 0.311. The van der Waals surface area contributed by atoms with Gasteiger partial charge in [-0.05, 0) is 18.3 Å². The summed E-state index contributed by atoms with van der Waals surface area (Å²) in [6.07, 6.45) is 6.97. The molecule has 0 rings (SSSR count). The van der Waals surface area contributed by atoms with Gasteiger partial charge in [0, 0.05) is 6.16 Å². The van der Waals surface area contributed by atoms with Crippen molar-refractivity contribution in [2.75, 3.05) is 6.16 Å². The van der Waals surface area contributed by atoms with Crippen LogP contribution >= 0.6 is 8.46 Å². The second-order valence-electron chi connectivity index (χ2n) is 3.52. The van der Waals surface area contributed by atoms with Crippen molar-refractivity contribution in [3.8, 4) is 0 Å². The lowest BCUT2D eigenvalue weighted by atomic mass is 9.76. The van der Waals surface area contributed by atoms with Crippen LogP contribution in [0.25, 0.3) is 0 Å². The predicted molar refractivity (Wildman–Crippen MR) is 55.0 cm³/mol. The van der Waals surface area contributed by atoms with Gasteiger partial charge in [-0.15, -0.1) is 0 Å². The minimum Gasteiger partial charge on any atom is -0.275 e. The van der Waals surface area contributed by atoms with Crippen LogP contribution in [0.15, 0.2) is 0 Å². The van der Waals surface area contributed by atoms with E-state index in [2.05, 4.69) is 20.8 Å². The van der Waals surface area contributed by atoms with E-state index in [1.807, 2.05) is 0 Å². The highest BCUT2D eigenvalue weighted by molar-refractivity contribution is 7.23. The van der Waals surface area contributed by atoms with Gasteiger partial charge in [-0.3, -0.25) is 4.57 Å². The summed E-state index contributed by atoms with van der Waals surface area (Å²) < 4.78 is 10.3. The van der Waals surface area contributed by atoms with E-state index in [-0.39, 0.29) is 0 Å². The van der Waals surface area contributed by atoms with E-state index in [1.165, 1.54) is 25.7 Å². The molecule has 0 aromatic heterocycles. The Morgan fingerprint density at radius 2 is 1.58 bits per heavy atom. The third-order valence-electron chi connectivity index (χ3n) is 3.21. The van der Waals surface area contributed by atoms with Gasteiger partial charge in [0.2, 0.25) is 0 Å². The van der Waals surface area contributed by atoms with Gasteiger partial charge < -0.3 is 0 Å². The van der Waals surface area contributed by atoms with Crippen LogP contribution in [0.1, 0.15) is 52.9 Å². The number of rotatable bonds is 7. The van der Waals surface area contributed by atoms with Crippen LogP contribution in [0.3, 0.4) is 0 Å². The third-order valence-corrected chi connectivity index (χ3v) is 3.71. The van der Waals surface area contributed by atoms with Crippen LogP contribution in [0, 0.1) is 5.41 Å². The molecule has 0 N–H and O–H groups in total. The maximum Gasteiger partial charge on any atom is 0.155 e. The van der Waals surface area contributed by atoms with Crippen molar-refractivity contribution in [2.45, 2.75) is 52.9 Å². The van der Waals surface area contributed by atoms with E-state index >= 15 is 0 Å². The highest BCUT2D eigenvalue weighted by Gasteiger charge is 2.22. The minimum atomic E-state index is 0.311. The first-order chi connectivity index (χ1) is 5.74. The van der Waals surface area contributed by atoms with Crippen molar-refractivity contribution >= 4 is 8.46 Å². The average molecular weight is 188 g/mol. The fourth-order valence-corrected chi connectivity index (χ4v) is 2.09. The Hall–Kier alpha value is 0.100. The van der Waals surface area contributed by atoms with Gasteiger partial charge in [0.1, 0.15) is 0 Å². The van der Waals surface area contributed by atoms with Gasteiger partial charge in [0.05, 0.1) is 0 Å². The molecule has 0 unspecified atom stereocenters. The first-order valence-electron chi connectivity index (χ1n) is 5.03. The average Bonchev–Trinajstić information content (AvgIpc) is 2.14. The zero-order valence-corrected chi connectivity index (χ0v) is 9.49. The van der Waals surface area contributed by atoms with Crippen LogP contribution in [0.2, 0.25) is 0 Å².